The minimum atomic E-state index is -0.160. The lowest BCUT2D eigenvalue weighted by molar-refractivity contribution is 0.605. The quantitative estimate of drug-likeness (QED) is 0.420. The van der Waals surface area contributed by atoms with E-state index in [1.54, 1.807) is 30.5 Å². The van der Waals surface area contributed by atoms with Crippen molar-refractivity contribution in [2.75, 3.05) is 20.1 Å². The first-order chi connectivity index (χ1) is 12.6. The van der Waals surface area contributed by atoms with Crippen LogP contribution in [0.25, 0.3) is 0 Å². The number of thiazole rings is 1. The third-order valence-corrected chi connectivity index (χ3v) is 5.91. The van der Waals surface area contributed by atoms with Gasteiger partial charge in [0, 0.05) is 36.6 Å². The highest BCUT2D eigenvalue weighted by Crippen LogP contribution is 2.47. The Labute approximate surface area is 159 Å². The molecule has 0 saturated heterocycles. The monoisotopic (exact) mass is 374 g/mol. The fourth-order valence-electron chi connectivity index (χ4n) is 3.14. The van der Waals surface area contributed by atoms with Crippen LogP contribution in [0.2, 0.25) is 0 Å². The average Bonchev–Trinajstić information content (AvgIpc) is 3.32. The lowest BCUT2D eigenvalue weighted by atomic mass is 9.96. The van der Waals surface area contributed by atoms with E-state index in [1.807, 2.05) is 13.0 Å². The predicted octanol–water partition coefficient (Wildman–Crippen LogP) is 3.81. The number of aliphatic imine (C=N–C) groups is 1. The number of hydrogen-bond donors (Lipinski definition) is 2. The summed E-state index contributed by atoms with van der Waals surface area (Å²) in [6.45, 7) is 3.71. The van der Waals surface area contributed by atoms with Gasteiger partial charge in [0.15, 0.2) is 5.96 Å². The van der Waals surface area contributed by atoms with Gasteiger partial charge < -0.3 is 10.6 Å². The molecule has 2 aromatic rings. The van der Waals surface area contributed by atoms with Gasteiger partial charge in [-0.3, -0.25) is 4.99 Å². The van der Waals surface area contributed by atoms with E-state index in [-0.39, 0.29) is 11.2 Å². The molecule has 0 amide bonds. The maximum atomic E-state index is 13.5. The highest BCUT2D eigenvalue weighted by atomic mass is 32.1. The van der Waals surface area contributed by atoms with Gasteiger partial charge >= 0.3 is 0 Å². The molecule has 4 nitrogen and oxygen atoms in total. The van der Waals surface area contributed by atoms with E-state index in [2.05, 4.69) is 26.0 Å². The smallest absolute Gasteiger partial charge is 0.191 e. The minimum absolute atomic E-state index is 0.0580. The Balaban J connectivity index is 1.38. The predicted molar refractivity (Wildman–Crippen MR) is 106 cm³/mol. The van der Waals surface area contributed by atoms with Crippen molar-refractivity contribution >= 4 is 17.3 Å². The number of aromatic nitrogens is 1. The fraction of sp³-hybridized carbons (Fsp3) is 0.500. The van der Waals surface area contributed by atoms with Crippen molar-refractivity contribution in [2.24, 2.45) is 4.99 Å². The first-order valence-electron chi connectivity index (χ1n) is 9.23. The van der Waals surface area contributed by atoms with Crippen molar-refractivity contribution < 1.29 is 4.39 Å². The molecule has 3 rings (SSSR count). The molecule has 1 aliphatic rings. The molecule has 1 heterocycles. The zero-order chi connectivity index (χ0) is 18.4. The van der Waals surface area contributed by atoms with Crippen molar-refractivity contribution in [1.82, 2.24) is 15.6 Å². The summed E-state index contributed by atoms with van der Waals surface area (Å²) in [6, 6.07) is 6.97. The van der Waals surface area contributed by atoms with E-state index in [0.717, 1.165) is 62.4 Å². The van der Waals surface area contributed by atoms with Crippen molar-refractivity contribution in [3.8, 4) is 0 Å². The summed E-state index contributed by atoms with van der Waals surface area (Å²) in [5.74, 6) is 0.657. The zero-order valence-corrected chi connectivity index (χ0v) is 16.3. The van der Waals surface area contributed by atoms with Crippen LogP contribution in [0, 0.1) is 12.7 Å². The second-order valence-corrected chi connectivity index (χ2v) is 7.93. The Kier molecular flexibility index (Phi) is 6.25. The number of hydrogen-bond acceptors (Lipinski definition) is 3. The molecule has 26 heavy (non-hydrogen) atoms. The van der Waals surface area contributed by atoms with Gasteiger partial charge in [0.2, 0.25) is 0 Å². The van der Waals surface area contributed by atoms with Crippen molar-refractivity contribution in [3.05, 3.63) is 51.7 Å². The second kappa shape index (κ2) is 8.62. The number of guanidine groups is 1. The molecule has 0 unspecified atom stereocenters. The molecule has 1 aromatic carbocycles. The molecule has 6 heteroatoms. The number of nitrogens with one attached hydrogen (secondary N) is 2. The van der Waals surface area contributed by atoms with Crippen LogP contribution in [-0.2, 0) is 11.8 Å². The Morgan fingerprint density at radius 1 is 1.31 bits per heavy atom. The maximum Gasteiger partial charge on any atom is 0.191 e. The van der Waals surface area contributed by atoms with Crippen molar-refractivity contribution in [3.63, 3.8) is 0 Å². The van der Waals surface area contributed by atoms with Gasteiger partial charge in [0.1, 0.15) is 5.82 Å². The number of halogens is 1. The molecular weight excluding hydrogens is 347 g/mol. The van der Waals surface area contributed by atoms with Crippen molar-refractivity contribution in [2.45, 2.75) is 44.4 Å². The Morgan fingerprint density at radius 2 is 2.15 bits per heavy atom. The molecule has 2 N–H and O–H groups in total. The van der Waals surface area contributed by atoms with Crippen LogP contribution in [0.4, 0.5) is 4.39 Å². The van der Waals surface area contributed by atoms with Crippen LogP contribution in [0.5, 0.6) is 0 Å². The van der Waals surface area contributed by atoms with E-state index in [1.165, 1.54) is 11.1 Å². The largest absolute Gasteiger partial charge is 0.356 e. The molecule has 0 atom stereocenters. The molecule has 0 aliphatic heterocycles. The van der Waals surface area contributed by atoms with E-state index in [9.17, 15) is 4.39 Å². The number of nitrogens with zero attached hydrogens (tertiary/aromatic N) is 2. The highest BCUT2D eigenvalue weighted by molar-refractivity contribution is 7.09. The summed E-state index contributed by atoms with van der Waals surface area (Å²) < 4.78 is 13.5. The van der Waals surface area contributed by atoms with Gasteiger partial charge in [-0.25, -0.2) is 9.37 Å². The van der Waals surface area contributed by atoms with E-state index < -0.39 is 0 Å². The van der Waals surface area contributed by atoms with Crippen LogP contribution >= 0.6 is 11.3 Å². The van der Waals surface area contributed by atoms with Gasteiger partial charge in [-0.15, -0.1) is 11.3 Å². The topological polar surface area (TPSA) is 49.3 Å². The zero-order valence-electron chi connectivity index (χ0n) is 15.5. The Morgan fingerprint density at radius 3 is 2.81 bits per heavy atom. The highest BCUT2D eigenvalue weighted by Gasteiger charge is 2.44. The van der Waals surface area contributed by atoms with Crippen LogP contribution < -0.4 is 10.6 Å². The molecule has 1 fully saturated rings. The molecule has 0 radical (unpaired) electrons. The number of rotatable bonds is 8. The summed E-state index contributed by atoms with van der Waals surface area (Å²) in [4.78, 5) is 8.79. The molecule has 1 aliphatic carbocycles. The van der Waals surface area contributed by atoms with Crippen LogP contribution in [0.15, 0.2) is 34.6 Å². The molecule has 1 aromatic heterocycles. The average molecular weight is 375 g/mol. The summed E-state index contributed by atoms with van der Waals surface area (Å²) >= 11 is 1.74. The summed E-state index contributed by atoms with van der Waals surface area (Å²) in [5, 5.41) is 10.1. The van der Waals surface area contributed by atoms with Gasteiger partial charge in [-0.1, -0.05) is 12.1 Å². The third-order valence-electron chi connectivity index (χ3n) is 4.88. The fourth-order valence-corrected chi connectivity index (χ4v) is 3.95. The Hall–Kier alpha value is -1.95. The lowest BCUT2D eigenvalue weighted by Crippen LogP contribution is -2.41. The molecular formula is C20H27FN4S. The van der Waals surface area contributed by atoms with Crippen LogP contribution in [0.1, 0.15) is 41.9 Å². The Bertz CT molecular complexity index is 752. The maximum absolute atomic E-state index is 13.5. The second-order valence-electron chi connectivity index (χ2n) is 6.98. The molecule has 1 saturated carbocycles. The first kappa shape index (κ1) is 18.8. The normalized spacial score (nSPS) is 15.7. The van der Waals surface area contributed by atoms with E-state index >= 15 is 0 Å². The van der Waals surface area contributed by atoms with Gasteiger partial charge in [-0.2, -0.15) is 0 Å². The molecule has 140 valence electrons. The van der Waals surface area contributed by atoms with E-state index in [4.69, 9.17) is 0 Å². The summed E-state index contributed by atoms with van der Waals surface area (Å²) in [7, 11) is 1.79. The summed E-state index contributed by atoms with van der Waals surface area (Å²) in [5.41, 5.74) is 2.25. The summed E-state index contributed by atoms with van der Waals surface area (Å²) in [6.07, 6.45) is 5.41. The van der Waals surface area contributed by atoms with Crippen molar-refractivity contribution in [1.29, 1.82) is 0 Å². The third kappa shape index (κ3) is 5.04. The van der Waals surface area contributed by atoms with Crippen LogP contribution in [0.3, 0.4) is 0 Å². The first-order valence-corrected chi connectivity index (χ1v) is 10.1. The number of aryl methyl sites for hydroxylation is 2. The SMILES string of the molecule is CN=C(NCCCCc1nc(C)cs1)NCC1(c2cccc(F)c2)CC1. The standard InChI is InChI=1S/C20H27FN4S/c1-15-13-26-18(25-15)8-3-4-11-23-19(22-2)24-14-20(9-10-20)16-6-5-7-17(21)12-16/h5-7,12-13H,3-4,8-11,14H2,1-2H3,(H2,22,23,24). The van der Waals surface area contributed by atoms with Gasteiger partial charge in [0.25, 0.3) is 0 Å². The molecule has 0 bridgehead atoms. The number of unbranched alkanes of at least 4 members (excludes halogenated alkanes) is 1. The minimum Gasteiger partial charge on any atom is -0.356 e. The molecule has 0 spiro atoms. The van der Waals surface area contributed by atoms with Gasteiger partial charge in [0.05, 0.1) is 5.01 Å². The van der Waals surface area contributed by atoms with E-state index in [0.29, 0.717) is 0 Å². The van der Waals surface area contributed by atoms with Gasteiger partial charge in [-0.05, 0) is 56.7 Å². The van der Waals surface area contributed by atoms with Crippen LogP contribution in [-0.4, -0.2) is 31.1 Å². The lowest BCUT2D eigenvalue weighted by Gasteiger charge is -2.19. The number of benzene rings is 1.